The smallest absolute Gasteiger partial charge is 0.349 e. The minimum atomic E-state index is -3.66. The van der Waals surface area contributed by atoms with E-state index in [0.29, 0.717) is 11.3 Å². The van der Waals surface area contributed by atoms with Crippen LogP contribution in [-0.4, -0.2) is 33.4 Å². The fraction of sp³-hybridized carbons (Fsp3) is 0.500. The summed E-state index contributed by atoms with van der Waals surface area (Å²) in [5.74, 6) is -0.0320. The number of benzene rings is 1. The Morgan fingerprint density at radius 2 is 1.62 bits per heavy atom. The van der Waals surface area contributed by atoms with Crippen molar-refractivity contribution in [2.45, 2.75) is 19.5 Å². The molecule has 1 aromatic rings. The number of esters is 1. The Kier molecular flexibility index (Phi) is 6.89. The van der Waals surface area contributed by atoms with Crippen LogP contribution in [0, 0.1) is 0 Å². The molecule has 0 heterocycles. The summed E-state index contributed by atoms with van der Waals surface area (Å²) in [7, 11) is -0.886. The third-order valence-corrected chi connectivity index (χ3v) is 5.17. The molecular weight excluding hydrogens is 295 g/mol. The highest BCUT2D eigenvalue weighted by atomic mass is 31.2. The number of hydrogen-bond acceptors (Lipinski definition) is 6. The first-order valence-electron chi connectivity index (χ1n) is 6.63. The Hall–Kier alpha value is -1.36. The van der Waals surface area contributed by atoms with Gasteiger partial charge in [0.15, 0.2) is 5.66 Å². The van der Waals surface area contributed by atoms with Crippen LogP contribution in [0.3, 0.4) is 0 Å². The molecule has 0 saturated carbocycles. The molecule has 0 saturated heterocycles. The topological polar surface area (TPSA) is 71.1 Å². The number of ether oxygens (including phenoxy) is 2. The van der Waals surface area contributed by atoms with Crippen molar-refractivity contribution in [2.75, 3.05) is 27.4 Å². The molecule has 0 aliphatic heterocycles. The predicted octanol–water partition coefficient (Wildman–Crippen LogP) is 3.18. The zero-order valence-corrected chi connectivity index (χ0v) is 13.6. The molecule has 0 fully saturated rings. The van der Waals surface area contributed by atoms with E-state index in [1.807, 2.05) is 0 Å². The molecule has 0 amide bonds. The van der Waals surface area contributed by atoms with Crippen molar-refractivity contribution in [2.24, 2.45) is 0 Å². The number of methoxy groups -OCH3 is 2. The van der Waals surface area contributed by atoms with Crippen LogP contribution in [0.1, 0.15) is 25.1 Å². The zero-order valence-electron chi connectivity index (χ0n) is 12.7. The molecule has 0 spiro atoms. The maximum absolute atomic E-state index is 12.9. The minimum absolute atomic E-state index is 0.168. The fourth-order valence-electron chi connectivity index (χ4n) is 1.89. The Balaban J connectivity index is 3.25. The summed E-state index contributed by atoms with van der Waals surface area (Å²) in [6, 6.07) is 6.64. The van der Waals surface area contributed by atoms with Crippen LogP contribution in [0.4, 0.5) is 0 Å². The molecule has 0 N–H and O–H groups in total. The molecule has 0 radical (unpaired) electrons. The highest BCUT2D eigenvalue weighted by Crippen LogP contribution is 2.61. The molecule has 1 aromatic carbocycles. The molecule has 1 rings (SSSR count). The fourth-order valence-corrected chi connectivity index (χ4v) is 3.89. The van der Waals surface area contributed by atoms with Gasteiger partial charge in [-0.3, -0.25) is 9.36 Å². The summed E-state index contributed by atoms with van der Waals surface area (Å²) in [6.07, 6.45) is 0. The number of rotatable bonds is 8. The number of carbonyl (C=O) groups excluding carboxylic acids is 1. The lowest BCUT2D eigenvalue weighted by Crippen LogP contribution is -2.17. The SMILES string of the molecule is CCOP(=O)(OCC)[C@@H](C(=O)OC)c1ccc(OC)cc1. The highest BCUT2D eigenvalue weighted by molar-refractivity contribution is 7.55. The van der Waals surface area contributed by atoms with Crippen molar-refractivity contribution < 1.29 is 27.9 Å². The van der Waals surface area contributed by atoms with Gasteiger partial charge in [-0.2, -0.15) is 0 Å². The van der Waals surface area contributed by atoms with E-state index in [4.69, 9.17) is 18.5 Å². The average Bonchev–Trinajstić information content (AvgIpc) is 2.48. The van der Waals surface area contributed by atoms with Crippen LogP contribution >= 0.6 is 7.60 Å². The molecule has 21 heavy (non-hydrogen) atoms. The van der Waals surface area contributed by atoms with Crippen molar-refractivity contribution in [3.8, 4) is 5.75 Å². The first-order valence-corrected chi connectivity index (χ1v) is 8.24. The van der Waals surface area contributed by atoms with Crippen LogP contribution in [0.15, 0.2) is 24.3 Å². The first kappa shape index (κ1) is 17.7. The summed E-state index contributed by atoms with van der Waals surface area (Å²) < 4.78 is 33.3. The van der Waals surface area contributed by atoms with Crippen LogP contribution in [-0.2, 0) is 23.1 Å². The molecule has 0 unspecified atom stereocenters. The van der Waals surface area contributed by atoms with Gasteiger partial charge in [0.05, 0.1) is 27.4 Å². The normalized spacial score (nSPS) is 12.8. The van der Waals surface area contributed by atoms with E-state index in [1.165, 1.54) is 14.2 Å². The second-order valence-electron chi connectivity index (χ2n) is 4.07. The Bertz CT molecular complexity index is 489. The van der Waals surface area contributed by atoms with E-state index in [2.05, 4.69) is 0 Å². The lowest BCUT2D eigenvalue weighted by Gasteiger charge is -2.24. The zero-order chi connectivity index (χ0) is 15.9. The molecule has 7 heteroatoms. The molecule has 0 aromatic heterocycles. The molecule has 118 valence electrons. The third kappa shape index (κ3) is 4.30. The summed E-state index contributed by atoms with van der Waals surface area (Å²) in [4.78, 5) is 12.1. The van der Waals surface area contributed by atoms with Gasteiger partial charge in [0.25, 0.3) is 0 Å². The standard InChI is InChI=1S/C14H21O6P/c1-5-19-21(16,20-6-2)13(14(15)18-4)11-7-9-12(17-3)10-8-11/h7-10,13H,5-6H2,1-4H3/t13-/m1/s1. The molecule has 6 nitrogen and oxygen atoms in total. The minimum Gasteiger partial charge on any atom is -0.497 e. The van der Waals surface area contributed by atoms with E-state index in [0.717, 1.165) is 0 Å². The van der Waals surface area contributed by atoms with E-state index in [1.54, 1.807) is 38.1 Å². The Morgan fingerprint density at radius 3 is 2.00 bits per heavy atom. The molecular formula is C14H21O6P. The largest absolute Gasteiger partial charge is 0.497 e. The van der Waals surface area contributed by atoms with Gasteiger partial charge >= 0.3 is 13.6 Å². The maximum Gasteiger partial charge on any atom is 0.349 e. The summed E-state index contributed by atoms with van der Waals surface area (Å²) in [6.45, 7) is 3.71. The number of carbonyl (C=O) groups is 1. The van der Waals surface area contributed by atoms with Crippen LogP contribution in [0.2, 0.25) is 0 Å². The van der Waals surface area contributed by atoms with Crippen molar-refractivity contribution in [1.29, 1.82) is 0 Å². The Labute approximate surface area is 124 Å². The van der Waals surface area contributed by atoms with Crippen molar-refractivity contribution in [3.05, 3.63) is 29.8 Å². The summed E-state index contributed by atoms with van der Waals surface area (Å²) >= 11 is 0. The molecule has 1 atom stereocenters. The Morgan fingerprint density at radius 1 is 1.10 bits per heavy atom. The van der Waals surface area contributed by atoms with E-state index in [9.17, 15) is 9.36 Å². The lowest BCUT2D eigenvalue weighted by molar-refractivity contribution is -0.140. The highest BCUT2D eigenvalue weighted by Gasteiger charge is 2.43. The summed E-state index contributed by atoms with van der Waals surface area (Å²) in [5, 5.41) is 0. The van der Waals surface area contributed by atoms with Gasteiger partial charge in [-0.25, -0.2) is 0 Å². The van der Waals surface area contributed by atoms with Gasteiger partial charge in [-0.1, -0.05) is 12.1 Å². The van der Waals surface area contributed by atoms with Crippen LogP contribution < -0.4 is 4.74 Å². The van der Waals surface area contributed by atoms with Crippen molar-refractivity contribution in [3.63, 3.8) is 0 Å². The van der Waals surface area contributed by atoms with E-state index in [-0.39, 0.29) is 13.2 Å². The monoisotopic (exact) mass is 316 g/mol. The molecule has 0 aliphatic rings. The van der Waals surface area contributed by atoms with Gasteiger partial charge in [-0.15, -0.1) is 0 Å². The second-order valence-corrected chi connectivity index (χ2v) is 6.19. The van der Waals surface area contributed by atoms with Crippen molar-refractivity contribution in [1.82, 2.24) is 0 Å². The predicted molar refractivity (Wildman–Crippen MR) is 78.6 cm³/mol. The second kappa shape index (κ2) is 8.17. The lowest BCUT2D eigenvalue weighted by atomic mass is 10.1. The van der Waals surface area contributed by atoms with Gasteiger partial charge in [0, 0.05) is 0 Å². The molecule has 0 aliphatic carbocycles. The van der Waals surface area contributed by atoms with E-state index < -0.39 is 19.2 Å². The van der Waals surface area contributed by atoms with Crippen LogP contribution in [0.25, 0.3) is 0 Å². The molecule has 0 bridgehead atoms. The quantitative estimate of drug-likeness (QED) is 0.542. The van der Waals surface area contributed by atoms with Gasteiger partial charge < -0.3 is 18.5 Å². The third-order valence-electron chi connectivity index (χ3n) is 2.79. The average molecular weight is 316 g/mol. The van der Waals surface area contributed by atoms with Crippen molar-refractivity contribution >= 4 is 13.6 Å². The van der Waals surface area contributed by atoms with Gasteiger partial charge in [0.1, 0.15) is 5.75 Å². The summed E-state index contributed by atoms with van der Waals surface area (Å²) in [5.41, 5.74) is -0.624. The van der Waals surface area contributed by atoms with Gasteiger partial charge in [-0.05, 0) is 31.5 Å². The first-order chi connectivity index (χ1) is 10.0. The van der Waals surface area contributed by atoms with Crippen LogP contribution in [0.5, 0.6) is 5.75 Å². The maximum atomic E-state index is 12.9. The number of hydrogen-bond donors (Lipinski definition) is 0. The van der Waals surface area contributed by atoms with Gasteiger partial charge in [0.2, 0.25) is 0 Å². The van der Waals surface area contributed by atoms with E-state index >= 15 is 0 Å².